The summed E-state index contributed by atoms with van der Waals surface area (Å²) in [4.78, 5) is 11.5. The standard InChI is InChI=1S/C17H18ClNO4S/c1-11(2)16(17(20)21)19(24(22)23)15-9-5-13(6-10-15)12-3-7-14(18)8-4-12/h3-11,16H,1-2H3,(H,20,21)(H,22,23)/p-1. The number of hydrogen-bond acceptors (Lipinski definition) is 3. The van der Waals surface area contributed by atoms with Crippen LogP contribution in [-0.2, 0) is 16.1 Å². The number of nitrogens with zero attached hydrogens (tertiary/aromatic N) is 1. The van der Waals surface area contributed by atoms with E-state index in [0.717, 1.165) is 15.4 Å². The molecular formula is C17H17ClNO4S-. The lowest BCUT2D eigenvalue weighted by Gasteiger charge is -2.34. The zero-order valence-electron chi connectivity index (χ0n) is 13.2. The van der Waals surface area contributed by atoms with Crippen LogP contribution in [0.25, 0.3) is 11.1 Å². The van der Waals surface area contributed by atoms with Gasteiger partial charge in [-0.3, -0.25) is 8.51 Å². The van der Waals surface area contributed by atoms with E-state index in [4.69, 9.17) is 11.6 Å². The third-order valence-corrected chi connectivity index (χ3v) is 4.61. The summed E-state index contributed by atoms with van der Waals surface area (Å²) in [6, 6.07) is 12.8. The second-order valence-electron chi connectivity index (χ2n) is 5.62. The fourth-order valence-corrected chi connectivity index (χ4v) is 3.38. The number of halogens is 1. The highest BCUT2D eigenvalue weighted by atomic mass is 35.5. The van der Waals surface area contributed by atoms with Crippen molar-refractivity contribution in [2.45, 2.75) is 19.9 Å². The Bertz CT molecular complexity index is 731. The molecule has 2 unspecified atom stereocenters. The zero-order valence-corrected chi connectivity index (χ0v) is 14.8. The topological polar surface area (TPSA) is 80.7 Å². The van der Waals surface area contributed by atoms with Gasteiger partial charge < -0.3 is 9.66 Å². The largest absolute Gasteiger partial charge is 0.755 e. The van der Waals surface area contributed by atoms with E-state index in [0.29, 0.717) is 10.7 Å². The molecule has 0 bridgehead atoms. The summed E-state index contributed by atoms with van der Waals surface area (Å²) in [6.07, 6.45) is 0. The van der Waals surface area contributed by atoms with Crippen molar-refractivity contribution in [3.8, 4) is 11.1 Å². The zero-order chi connectivity index (χ0) is 17.9. The quantitative estimate of drug-likeness (QED) is 0.790. The highest BCUT2D eigenvalue weighted by molar-refractivity contribution is 7.80. The summed E-state index contributed by atoms with van der Waals surface area (Å²) in [7, 11) is 0. The summed E-state index contributed by atoms with van der Waals surface area (Å²) in [5, 5.41) is 9.98. The average Bonchev–Trinajstić information content (AvgIpc) is 2.52. The Labute approximate surface area is 148 Å². The van der Waals surface area contributed by atoms with E-state index in [9.17, 15) is 18.7 Å². The molecule has 0 aliphatic heterocycles. The average molecular weight is 367 g/mol. The highest BCUT2D eigenvalue weighted by Gasteiger charge is 2.30. The predicted molar refractivity (Wildman–Crippen MR) is 94.5 cm³/mol. The Morgan fingerprint density at radius 1 is 1.08 bits per heavy atom. The van der Waals surface area contributed by atoms with Gasteiger partial charge in [-0.05, 0) is 41.3 Å². The summed E-state index contributed by atoms with van der Waals surface area (Å²) in [5.74, 6) is -1.56. The lowest BCUT2D eigenvalue weighted by molar-refractivity contribution is -0.139. The number of carboxylic acid groups (broad SMARTS) is 1. The second-order valence-corrected chi connectivity index (χ2v) is 6.89. The minimum absolute atomic E-state index is 0.308. The molecule has 0 aromatic heterocycles. The SMILES string of the molecule is CC(C)C(C(=O)O)N(c1ccc(-c2ccc(Cl)cc2)cc1)S(=O)[O-]. The van der Waals surface area contributed by atoms with Crippen LogP contribution in [0.5, 0.6) is 0 Å². The van der Waals surface area contributed by atoms with Gasteiger partial charge in [0.2, 0.25) is 0 Å². The summed E-state index contributed by atoms with van der Waals surface area (Å²) in [6.45, 7) is 3.33. The van der Waals surface area contributed by atoms with E-state index in [1.807, 2.05) is 12.1 Å². The molecule has 0 saturated carbocycles. The maximum Gasteiger partial charge on any atom is 0.327 e. The van der Waals surface area contributed by atoms with E-state index < -0.39 is 23.3 Å². The van der Waals surface area contributed by atoms with Crippen molar-refractivity contribution in [3.05, 3.63) is 53.6 Å². The Kier molecular flexibility index (Phi) is 5.99. The molecule has 128 valence electrons. The molecule has 0 fully saturated rings. The van der Waals surface area contributed by atoms with Crippen molar-refractivity contribution in [2.24, 2.45) is 5.92 Å². The van der Waals surface area contributed by atoms with Crippen molar-refractivity contribution < 1.29 is 18.7 Å². The lowest BCUT2D eigenvalue weighted by Crippen LogP contribution is -2.45. The van der Waals surface area contributed by atoms with Gasteiger partial charge in [-0.2, -0.15) is 0 Å². The fourth-order valence-electron chi connectivity index (χ4n) is 2.44. The highest BCUT2D eigenvalue weighted by Crippen LogP contribution is 2.27. The molecule has 0 aliphatic carbocycles. The number of aliphatic carboxylic acids is 1. The molecule has 2 atom stereocenters. The molecule has 0 amide bonds. The number of carbonyl (C=O) groups is 1. The van der Waals surface area contributed by atoms with E-state index in [1.54, 1.807) is 50.2 Å². The molecule has 2 aromatic carbocycles. The normalized spacial score (nSPS) is 13.5. The van der Waals surface area contributed by atoms with Crippen molar-refractivity contribution in [3.63, 3.8) is 0 Å². The Morgan fingerprint density at radius 2 is 1.54 bits per heavy atom. The first kappa shape index (κ1) is 18.4. The molecule has 5 nitrogen and oxygen atoms in total. The van der Waals surface area contributed by atoms with Crippen molar-refractivity contribution >= 4 is 34.5 Å². The molecule has 7 heteroatoms. The first-order valence-corrected chi connectivity index (χ1v) is 8.69. The molecule has 0 spiro atoms. The van der Waals surface area contributed by atoms with Gasteiger partial charge in [0, 0.05) is 22.0 Å². The molecule has 0 saturated heterocycles. The molecule has 2 rings (SSSR count). The van der Waals surface area contributed by atoms with E-state index >= 15 is 0 Å². The Hall–Kier alpha value is -1.89. The number of rotatable bonds is 6. The smallest absolute Gasteiger partial charge is 0.327 e. The van der Waals surface area contributed by atoms with Crippen LogP contribution in [0.4, 0.5) is 5.69 Å². The van der Waals surface area contributed by atoms with Gasteiger partial charge in [-0.15, -0.1) is 0 Å². The fraction of sp³-hybridized carbons (Fsp3) is 0.235. The maximum atomic E-state index is 11.6. The number of benzene rings is 2. The first-order valence-electron chi connectivity index (χ1n) is 7.28. The number of hydrogen-bond donors (Lipinski definition) is 1. The van der Waals surface area contributed by atoms with Crippen LogP contribution in [-0.4, -0.2) is 25.9 Å². The number of carboxylic acids is 1. The molecule has 1 N–H and O–H groups in total. The number of anilines is 1. The molecule has 0 radical (unpaired) electrons. The van der Waals surface area contributed by atoms with E-state index in [2.05, 4.69) is 0 Å². The van der Waals surface area contributed by atoms with Gasteiger partial charge in [-0.25, -0.2) is 4.79 Å². The molecule has 24 heavy (non-hydrogen) atoms. The van der Waals surface area contributed by atoms with Gasteiger partial charge in [0.15, 0.2) is 0 Å². The maximum absolute atomic E-state index is 11.6. The Morgan fingerprint density at radius 3 is 1.92 bits per heavy atom. The molecule has 0 heterocycles. The summed E-state index contributed by atoms with van der Waals surface area (Å²) < 4.78 is 24.1. The van der Waals surface area contributed by atoms with Gasteiger partial charge in [0.05, 0.1) is 0 Å². The van der Waals surface area contributed by atoms with Crippen LogP contribution in [0, 0.1) is 5.92 Å². The molecule has 0 aliphatic rings. The van der Waals surface area contributed by atoms with Gasteiger partial charge >= 0.3 is 5.97 Å². The molecule has 2 aromatic rings. The summed E-state index contributed by atoms with van der Waals surface area (Å²) in [5.41, 5.74) is 2.12. The van der Waals surface area contributed by atoms with Gasteiger partial charge in [-0.1, -0.05) is 49.7 Å². The van der Waals surface area contributed by atoms with Crippen LogP contribution in [0.2, 0.25) is 5.02 Å². The summed E-state index contributed by atoms with van der Waals surface area (Å²) >= 11 is 3.17. The van der Waals surface area contributed by atoms with Crippen molar-refractivity contribution in [1.82, 2.24) is 0 Å². The van der Waals surface area contributed by atoms with Gasteiger partial charge in [0.25, 0.3) is 0 Å². The van der Waals surface area contributed by atoms with E-state index in [-0.39, 0.29) is 5.92 Å². The molecular weight excluding hydrogens is 350 g/mol. The van der Waals surface area contributed by atoms with Crippen LogP contribution < -0.4 is 4.31 Å². The lowest BCUT2D eigenvalue weighted by atomic mass is 10.0. The minimum atomic E-state index is -2.69. The van der Waals surface area contributed by atoms with E-state index in [1.165, 1.54) is 0 Å². The third kappa shape index (κ3) is 4.14. The minimum Gasteiger partial charge on any atom is -0.755 e. The Balaban J connectivity index is 2.37. The van der Waals surface area contributed by atoms with Crippen molar-refractivity contribution in [2.75, 3.05) is 4.31 Å². The monoisotopic (exact) mass is 366 g/mol. The van der Waals surface area contributed by atoms with Crippen LogP contribution in [0.15, 0.2) is 48.5 Å². The predicted octanol–water partition coefficient (Wildman–Crippen LogP) is 3.72. The third-order valence-electron chi connectivity index (χ3n) is 3.60. The van der Waals surface area contributed by atoms with Crippen LogP contribution in [0.3, 0.4) is 0 Å². The first-order chi connectivity index (χ1) is 11.3. The van der Waals surface area contributed by atoms with Crippen LogP contribution >= 0.6 is 11.6 Å². The van der Waals surface area contributed by atoms with Crippen molar-refractivity contribution in [1.29, 1.82) is 0 Å². The van der Waals surface area contributed by atoms with Crippen LogP contribution in [0.1, 0.15) is 13.8 Å². The second kappa shape index (κ2) is 7.79. The van der Waals surface area contributed by atoms with Gasteiger partial charge in [0.1, 0.15) is 6.04 Å².